The van der Waals surface area contributed by atoms with Crippen molar-refractivity contribution in [3.8, 4) is 5.75 Å². The summed E-state index contributed by atoms with van der Waals surface area (Å²) < 4.78 is 5.72. The minimum absolute atomic E-state index is 0.631. The average molecular weight is 354 g/mol. The molecular weight excluding hydrogens is 329 g/mol. The second kappa shape index (κ2) is 10.6. The number of halogens is 3. The zero-order valence-corrected chi connectivity index (χ0v) is 15.1. The number of nitrogens with one attached hydrogen (secondary N) is 1. The first-order valence-corrected chi connectivity index (χ1v) is 8.88. The second-order valence-corrected chi connectivity index (χ2v) is 6.76. The molecule has 0 fully saturated rings. The number of quaternary nitrogens is 1. The highest BCUT2D eigenvalue weighted by molar-refractivity contribution is 6.32. The maximum absolute atomic E-state index is 6.30. The van der Waals surface area contributed by atoms with Crippen LogP contribution in [0.5, 0.6) is 5.75 Å². The monoisotopic (exact) mass is 352 g/mol. The maximum Gasteiger partial charge on any atom is 0.137 e. The fourth-order valence-electron chi connectivity index (χ4n) is 2.03. The molecule has 0 amide bonds. The number of rotatable bonds is 10. The number of hydrogen-bond donors (Lipinski definition) is 1. The van der Waals surface area contributed by atoms with Crippen molar-refractivity contribution in [2.75, 3.05) is 31.5 Å². The summed E-state index contributed by atoms with van der Waals surface area (Å²) in [6, 6.07) is 6.00. The molecule has 0 aliphatic carbocycles. The SMILES string of the molecule is CC(C)CCOc1ccc(C[NH+](CCCl)CCCl)cc1Cl. The third-order valence-corrected chi connectivity index (χ3v) is 3.97. The van der Waals surface area contributed by atoms with Crippen LogP contribution in [0.1, 0.15) is 25.8 Å². The van der Waals surface area contributed by atoms with E-state index in [0.717, 1.165) is 31.8 Å². The van der Waals surface area contributed by atoms with Gasteiger partial charge in [0.1, 0.15) is 12.3 Å². The van der Waals surface area contributed by atoms with E-state index in [0.29, 0.717) is 29.3 Å². The highest BCUT2D eigenvalue weighted by Gasteiger charge is 2.10. The van der Waals surface area contributed by atoms with Crippen LogP contribution in [0.3, 0.4) is 0 Å². The van der Waals surface area contributed by atoms with Gasteiger partial charge in [-0.3, -0.25) is 0 Å². The maximum atomic E-state index is 6.30. The zero-order valence-electron chi connectivity index (χ0n) is 12.8. The third kappa shape index (κ3) is 7.60. The van der Waals surface area contributed by atoms with Gasteiger partial charge in [-0.05, 0) is 30.5 Å². The van der Waals surface area contributed by atoms with E-state index in [9.17, 15) is 0 Å². The van der Waals surface area contributed by atoms with Crippen LogP contribution >= 0.6 is 34.8 Å². The van der Waals surface area contributed by atoms with E-state index in [2.05, 4.69) is 19.9 Å². The second-order valence-electron chi connectivity index (χ2n) is 5.60. The normalized spacial score (nSPS) is 11.4. The number of benzene rings is 1. The molecule has 0 radical (unpaired) electrons. The predicted molar refractivity (Wildman–Crippen MR) is 92.2 cm³/mol. The summed E-state index contributed by atoms with van der Waals surface area (Å²) in [5.74, 6) is 2.66. The van der Waals surface area contributed by atoms with Crippen molar-refractivity contribution >= 4 is 34.8 Å². The van der Waals surface area contributed by atoms with Gasteiger partial charge in [-0.25, -0.2) is 0 Å². The van der Waals surface area contributed by atoms with Gasteiger partial charge in [0.05, 0.1) is 36.5 Å². The predicted octanol–water partition coefficient (Wildman–Crippen LogP) is 3.63. The molecule has 0 unspecified atom stereocenters. The summed E-state index contributed by atoms with van der Waals surface area (Å²) >= 11 is 18.0. The van der Waals surface area contributed by atoms with Crippen LogP contribution in [-0.2, 0) is 6.54 Å². The lowest BCUT2D eigenvalue weighted by atomic mass is 10.1. The smallest absolute Gasteiger partial charge is 0.137 e. The lowest BCUT2D eigenvalue weighted by molar-refractivity contribution is -0.909. The lowest BCUT2D eigenvalue weighted by Crippen LogP contribution is -3.11. The molecule has 0 saturated heterocycles. The highest BCUT2D eigenvalue weighted by atomic mass is 35.5. The molecule has 0 spiro atoms. The molecule has 2 nitrogen and oxygen atoms in total. The molecule has 0 heterocycles. The van der Waals surface area contributed by atoms with E-state index >= 15 is 0 Å². The van der Waals surface area contributed by atoms with Gasteiger partial charge >= 0.3 is 0 Å². The van der Waals surface area contributed by atoms with Gasteiger partial charge in [0.2, 0.25) is 0 Å². The van der Waals surface area contributed by atoms with E-state index in [4.69, 9.17) is 39.5 Å². The third-order valence-electron chi connectivity index (χ3n) is 3.30. The molecule has 0 aliphatic rings. The minimum Gasteiger partial charge on any atom is -0.492 e. The molecule has 1 N–H and O–H groups in total. The van der Waals surface area contributed by atoms with Gasteiger partial charge in [-0.2, -0.15) is 0 Å². The summed E-state index contributed by atoms with van der Waals surface area (Å²) in [7, 11) is 0. The Labute approximate surface area is 143 Å². The molecule has 21 heavy (non-hydrogen) atoms. The summed E-state index contributed by atoms with van der Waals surface area (Å²) in [6.45, 7) is 7.74. The largest absolute Gasteiger partial charge is 0.492 e. The van der Waals surface area contributed by atoms with Crippen LogP contribution < -0.4 is 9.64 Å². The average Bonchev–Trinajstić information content (AvgIpc) is 2.41. The van der Waals surface area contributed by atoms with E-state index in [1.165, 1.54) is 10.5 Å². The fraction of sp³-hybridized carbons (Fsp3) is 0.625. The van der Waals surface area contributed by atoms with Crippen molar-refractivity contribution in [3.63, 3.8) is 0 Å². The molecule has 0 saturated carbocycles. The van der Waals surface area contributed by atoms with Crippen LogP contribution in [0.4, 0.5) is 0 Å². The van der Waals surface area contributed by atoms with Gasteiger partial charge in [0.15, 0.2) is 0 Å². The fourth-order valence-corrected chi connectivity index (χ4v) is 2.83. The van der Waals surface area contributed by atoms with Crippen LogP contribution in [0.25, 0.3) is 0 Å². The Hall–Kier alpha value is -0.150. The van der Waals surface area contributed by atoms with Gasteiger partial charge in [0, 0.05) is 5.56 Å². The Kier molecular flexibility index (Phi) is 9.50. The number of ether oxygens (including phenoxy) is 1. The van der Waals surface area contributed by atoms with Crippen molar-refractivity contribution in [1.82, 2.24) is 0 Å². The van der Waals surface area contributed by atoms with Gasteiger partial charge in [0.25, 0.3) is 0 Å². The minimum atomic E-state index is 0.631. The van der Waals surface area contributed by atoms with Crippen molar-refractivity contribution in [1.29, 1.82) is 0 Å². The van der Waals surface area contributed by atoms with Crippen molar-refractivity contribution in [2.45, 2.75) is 26.8 Å². The van der Waals surface area contributed by atoms with E-state index in [-0.39, 0.29) is 0 Å². The Morgan fingerprint density at radius 1 is 1.14 bits per heavy atom. The summed E-state index contributed by atoms with van der Waals surface area (Å²) in [4.78, 5) is 1.37. The Morgan fingerprint density at radius 3 is 2.33 bits per heavy atom. The summed E-state index contributed by atoms with van der Waals surface area (Å²) in [5.41, 5.74) is 1.18. The van der Waals surface area contributed by atoms with Crippen LogP contribution in [0, 0.1) is 5.92 Å². The van der Waals surface area contributed by atoms with E-state index < -0.39 is 0 Å². The van der Waals surface area contributed by atoms with Crippen molar-refractivity contribution in [2.24, 2.45) is 5.92 Å². The molecular formula is C16H25Cl3NO+. The quantitative estimate of drug-likeness (QED) is 0.634. The Bertz CT molecular complexity index is 407. The van der Waals surface area contributed by atoms with Gasteiger partial charge in [-0.15, -0.1) is 23.2 Å². The molecule has 0 aromatic heterocycles. The first kappa shape index (κ1) is 18.9. The van der Waals surface area contributed by atoms with Crippen LogP contribution in [0.15, 0.2) is 18.2 Å². The molecule has 1 aromatic carbocycles. The topological polar surface area (TPSA) is 13.7 Å². The number of alkyl halides is 2. The molecule has 0 bridgehead atoms. The zero-order chi connectivity index (χ0) is 15.7. The van der Waals surface area contributed by atoms with Crippen LogP contribution in [0.2, 0.25) is 5.02 Å². The number of hydrogen-bond acceptors (Lipinski definition) is 1. The summed E-state index contributed by atoms with van der Waals surface area (Å²) in [6.07, 6.45) is 1.03. The standard InChI is InChI=1S/C16H24Cl3NO/c1-13(2)5-10-21-16-4-3-14(11-15(16)19)12-20(8-6-17)9-7-18/h3-4,11,13H,5-10,12H2,1-2H3/p+1. The van der Waals surface area contributed by atoms with Crippen molar-refractivity contribution < 1.29 is 9.64 Å². The first-order valence-electron chi connectivity index (χ1n) is 7.43. The molecule has 1 aromatic rings. The first-order chi connectivity index (χ1) is 10.1. The molecule has 5 heteroatoms. The molecule has 120 valence electrons. The van der Waals surface area contributed by atoms with Crippen molar-refractivity contribution in [3.05, 3.63) is 28.8 Å². The van der Waals surface area contributed by atoms with Gasteiger partial charge < -0.3 is 9.64 Å². The van der Waals surface area contributed by atoms with E-state index in [1.807, 2.05) is 12.1 Å². The lowest BCUT2D eigenvalue weighted by Gasteiger charge is -2.18. The van der Waals surface area contributed by atoms with Gasteiger partial charge in [-0.1, -0.05) is 25.4 Å². The molecule has 1 rings (SSSR count). The highest BCUT2D eigenvalue weighted by Crippen LogP contribution is 2.25. The molecule has 0 aliphatic heterocycles. The Balaban J connectivity index is 2.59. The molecule has 0 atom stereocenters. The van der Waals surface area contributed by atoms with E-state index in [1.54, 1.807) is 0 Å². The van der Waals surface area contributed by atoms with Crippen LogP contribution in [-0.4, -0.2) is 31.5 Å². The Morgan fingerprint density at radius 2 is 1.81 bits per heavy atom. The summed E-state index contributed by atoms with van der Waals surface area (Å²) in [5, 5.41) is 0.673.